The minimum atomic E-state index is -0.589. The van der Waals surface area contributed by atoms with E-state index in [0.717, 1.165) is 6.07 Å². The van der Waals surface area contributed by atoms with Crippen LogP contribution in [0, 0.1) is 17.1 Å². The summed E-state index contributed by atoms with van der Waals surface area (Å²) in [6, 6.07) is 2.91. The monoisotopic (exact) mass is 221 g/mol. The Balaban J connectivity index is 2.28. The quantitative estimate of drug-likeness (QED) is 0.729. The maximum atomic E-state index is 13.6. The van der Waals surface area contributed by atoms with Crippen LogP contribution in [-0.2, 0) is 0 Å². The number of nitrogens with zero attached hydrogens (tertiary/aromatic N) is 3. The van der Waals surface area contributed by atoms with Crippen LogP contribution < -0.4 is 4.90 Å². The molecule has 2 heterocycles. The fourth-order valence-corrected chi connectivity index (χ4v) is 1.61. The summed E-state index contributed by atoms with van der Waals surface area (Å²) in [6.07, 6.45) is 3.31. The number of nitriles is 1. The van der Waals surface area contributed by atoms with Crippen LogP contribution in [0.3, 0.4) is 0 Å². The van der Waals surface area contributed by atoms with Crippen molar-refractivity contribution in [3.05, 3.63) is 35.5 Å². The molecule has 0 aromatic carbocycles. The highest BCUT2D eigenvalue weighted by molar-refractivity contribution is 5.45. The molecule has 0 atom stereocenters. The largest absolute Gasteiger partial charge is 0.347 e. The zero-order valence-electron chi connectivity index (χ0n) is 8.45. The van der Waals surface area contributed by atoms with Gasteiger partial charge in [0.2, 0.25) is 0 Å². The first-order valence-electron chi connectivity index (χ1n) is 4.86. The Kier molecular flexibility index (Phi) is 2.82. The van der Waals surface area contributed by atoms with Gasteiger partial charge in [0, 0.05) is 12.7 Å². The lowest BCUT2D eigenvalue weighted by Crippen LogP contribution is -2.30. The van der Waals surface area contributed by atoms with Gasteiger partial charge in [0.25, 0.3) is 0 Å². The highest BCUT2D eigenvalue weighted by atomic mass is 19.1. The summed E-state index contributed by atoms with van der Waals surface area (Å²) in [5.74, 6) is -0.771. The molecule has 0 aliphatic carbocycles. The van der Waals surface area contributed by atoms with Crippen LogP contribution in [0.15, 0.2) is 24.2 Å². The van der Waals surface area contributed by atoms with Crippen LogP contribution in [-0.4, -0.2) is 18.1 Å². The molecule has 16 heavy (non-hydrogen) atoms. The normalized spacial score (nSPS) is 15.6. The molecule has 82 valence electrons. The lowest BCUT2D eigenvalue weighted by Gasteiger charge is -2.25. The van der Waals surface area contributed by atoms with E-state index in [1.54, 1.807) is 6.07 Å². The smallest absolute Gasteiger partial charge is 0.166 e. The van der Waals surface area contributed by atoms with Gasteiger partial charge in [-0.2, -0.15) is 5.26 Å². The third-order valence-electron chi connectivity index (χ3n) is 2.36. The average Bonchev–Trinajstić information content (AvgIpc) is 2.28. The van der Waals surface area contributed by atoms with Crippen LogP contribution in [0.25, 0.3) is 0 Å². The lowest BCUT2D eigenvalue weighted by molar-refractivity contribution is 0.558. The predicted octanol–water partition coefficient (Wildman–Crippen LogP) is 2.16. The summed E-state index contributed by atoms with van der Waals surface area (Å²) in [5.41, 5.74) is 0.161. The van der Waals surface area contributed by atoms with Gasteiger partial charge < -0.3 is 4.90 Å². The van der Waals surface area contributed by atoms with E-state index in [1.165, 1.54) is 17.2 Å². The van der Waals surface area contributed by atoms with E-state index in [4.69, 9.17) is 5.26 Å². The number of halogens is 2. The second-order valence-electron chi connectivity index (χ2n) is 3.50. The van der Waals surface area contributed by atoms with Gasteiger partial charge in [-0.25, -0.2) is 13.8 Å². The van der Waals surface area contributed by atoms with Gasteiger partial charge in [-0.3, -0.25) is 0 Å². The summed E-state index contributed by atoms with van der Waals surface area (Å²) >= 11 is 0. The summed E-state index contributed by atoms with van der Waals surface area (Å²) in [5, 5.41) is 8.57. The van der Waals surface area contributed by atoms with Crippen LogP contribution in [0.4, 0.5) is 14.6 Å². The van der Waals surface area contributed by atoms with Crippen molar-refractivity contribution >= 4 is 5.82 Å². The Labute approximate surface area is 91.6 Å². The molecule has 0 unspecified atom stereocenters. The molecular weight excluding hydrogens is 212 g/mol. The molecule has 5 heteroatoms. The van der Waals surface area contributed by atoms with Crippen molar-refractivity contribution in [3.63, 3.8) is 0 Å². The molecule has 0 saturated carbocycles. The van der Waals surface area contributed by atoms with Gasteiger partial charge in [0.15, 0.2) is 11.6 Å². The minimum Gasteiger partial charge on any atom is -0.347 e. The van der Waals surface area contributed by atoms with E-state index in [0.29, 0.717) is 13.0 Å². The van der Waals surface area contributed by atoms with E-state index < -0.39 is 5.82 Å². The van der Waals surface area contributed by atoms with Crippen molar-refractivity contribution in [2.45, 2.75) is 6.42 Å². The molecule has 1 aliphatic rings. The van der Waals surface area contributed by atoms with Gasteiger partial charge in [0.1, 0.15) is 11.9 Å². The Morgan fingerprint density at radius 1 is 1.44 bits per heavy atom. The Bertz CT molecular complexity index is 477. The van der Waals surface area contributed by atoms with Gasteiger partial charge >= 0.3 is 0 Å². The Hall–Kier alpha value is -1.96. The van der Waals surface area contributed by atoms with Crippen molar-refractivity contribution in [1.29, 1.82) is 5.26 Å². The van der Waals surface area contributed by atoms with Crippen molar-refractivity contribution < 1.29 is 8.78 Å². The van der Waals surface area contributed by atoms with Gasteiger partial charge in [-0.05, 0) is 18.6 Å². The molecule has 1 aromatic heterocycles. The fraction of sp³-hybridized carbons (Fsp3) is 0.273. The Morgan fingerprint density at radius 2 is 2.25 bits per heavy atom. The molecular formula is C11H9F2N3. The maximum absolute atomic E-state index is 13.6. The van der Waals surface area contributed by atoms with Gasteiger partial charge in [-0.15, -0.1) is 0 Å². The number of hydrogen-bond acceptors (Lipinski definition) is 3. The number of pyridine rings is 1. The average molecular weight is 221 g/mol. The summed E-state index contributed by atoms with van der Waals surface area (Å²) < 4.78 is 26.6. The Morgan fingerprint density at radius 3 is 2.88 bits per heavy atom. The van der Waals surface area contributed by atoms with Crippen molar-refractivity contribution in [3.8, 4) is 6.07 Å². The minimum absolute atomic E-state index is 0.0375. The first kappa shape index (κ1) is 10.6. The van der Waals surface area contributed by atoms with Crippen molar-refractivity contribution in [1.82, 2.24) is 4.98 Å². The molecule has 0 amide bonds. The molecule has 0 N–H and O–H groups in total. The summed E-state index contributed by atoms with van der Waals surface area (Å²) in [4.78, 5) is 5.36. The molecule has 0 spiro atoms. The van der Waals surface area contributed by atoms with Gasteiger partial charge in [-0.1, -0.05) is 0 Å². The first-order chi connectivity index (χ1) is 7.70. The predicted molar refractivity (Wildman–Crippen MR) is 54.9 cm³/mol. The second kappa shape index (κ2) is 4.27. The molecule has 2 rings (SSSR count). The topological polar surface area (TPSA) is 39.9 Å². The van der Waals surface area contributed by atoms with Crippen molar-refractivity contribution in [2.24, 2.45) is 0 Å². The molecule has 3 nitrogen and oxygen atoms in total. The molecule has 1 aliphatic heterocycles. The number of anilines is 1. The van der Waals surface area contributed by atoms with Crippen LogP contribution in [0.2, 0.25) is 0 Å². The highest BCUT2D eigenvalue weighted by Gasteiger charge is 2.17. The third-order valence-corrected chi connectivity index (χ3v) is 2.36. The van der Waals surface area contributed by atoms with Crippen LogP contribution in [0.5, 0.6) is 0 Å². The molecule has 0 radical (unpaired) electrons. The highest BCUT2D eigenvalue weighted by Crippen LogP contribution is 2.21. The summed E-state index contributed by atoms with van der Waals surface area (Å²) in [6.45, 7) is 0.569. The van der Waals surface area contributed by atoms with Crippen LogP contribution >= 0.6 is 0 Å². The van der Waals surface area contributed by atoms with Gasteiger partial charge in [0.05, 0.1) is 12.1 Å². The molecule has 0 saturated heterocycles. The second-order valence-corrected chi connectivity index (χ2v) is 3.50. The standard InChI is InChI=1S/C11H9F2N3/c12-9-2-1-3-16(7-9)11-10(13)4-8(5-14)6-15-11/h2,4,6H,1,3,7H2. The lowest BCUT2D eigenvalue weighted by atomic mass is 10.2. The number of aromatic nitrogens is 1. The van der Waals surface area contributed by atoms with E-state index in [9.17, 15) is 8.78 Å². The third kappa shape index (κ3) is 2.01. The first-order valence-corrected chi connectivity index (χ1v) is 4.86. The molecule has 1 aromatic rings. The number of rotatable bonds is 1. The van der Waals surface area contributed by atoms with E-state index in [2.05, 4.69) is 4.98 Å². The maximum Gasteiger partial charge on any atom is 0.166 e. The zero-order chi connectivity index (χ0) is 11.5. The molecule has 0 fully saturated rings. The molecule has 0 bridgehead atoms. The summed E-state index contributed by atoms with van der Waals surface area (Å²) in [7, 11) is 0. The number of hydrogen-bond donors (Lipinski definition) is 0. The van der Waals surface area contributed by atoms with E-state index in [1.807, 2.05) is 0 Å². The SMILES string of the molecule is N#Cc1cnc(N2CCC=C(F)C2)c(F)c1. The zero-order valence-corrected chi connectivity index (χ0v) is 8.45. The van der Waals surface area contributed by atoms with E-state index in [-0.39, 0.29) is 23.8 Å². The van der Waals surface area contributed by atoms with Crippen LogP contribution in [0.1, 0.15) is 12.0 Å². The van der Waals surface area contributed by atoms with E-state index >= 15 is 0 Å². The fourth-order valence-electron chi connectivity index (χ4n) is 1.61. The van der Waals surface area contributed by atoms with Crippen molar-refractivity contribution in [2.75, 3.05) is 18.0 Å².